The molecule has 0 fully saturated rings. The molecule has 37 heavy (non-hydrogen) atoms. The second-order valence-corrected chi connectivity index (χ2v) is 9.75. The number of allylic oxidation sites excluding steroid dienone is 1. The maximum Gasteiger partial charge on any atom is 0.258 e. The number of unbranched alkanes of at least 4 members (excludes halogenated alkanes) is 1. The average molecular weight is 497 g/mol. The molecule has 6 nitrogen and oxygen atoms in total. The van der Waals surface area contributed by atoms with E-state index in [0.717, 1.165) is 60.6 Å². The normalized spacial score (nSPS) is 13.8. The van der Waals surface area contributed by atoms with Crippen LogP contribution in [0.3, 0.4) is 0 Å². The van der Waals surface area contributed by atoms with E-state index in [0.29, 0.717) is 11.1 Å². The maximum absolute atomic E-state index is 13.3. The fourth-order valence-electron chi connectivity index (χ4n) is 4.45. The Labute approximate surface area is 220 Å². The fraction of sp³-hybridized carbons (Fsp3) is 0.290. The number of hydrogen-bond donors (Lipinski definition) is 2. The Balaban J connectivity index is 1.65. The summed E-state index contributed by atoms with van der Waals surface area (Å²) in [6.07, 6.45) is 3.69. The van der Waals surface area contributed by atoms with Gasteiger partial charge in [0.2, 0.25) is 0 Å². The van der Waals surface area contributed by atoms with E-state index in [9.17, 15) is 9.59 Å². The lowest BCUT2D eigenvalue weighted by Crippen LogP contribution is -2.26. The number of nitrogens with one attached hydrogen (secondary N) is 2. The summed E-state index contributed by atoms with van der Waals surface area (Å²) in [4.78, 5) is 30.2. The average Bonchev–Trinajstić information content (AvgIpc) is 3.25. The number of para-hydroxylation sites is 1. The summed E-state index contributed by atoms with van der Waals surface area (Å²) in [6.45, 7) is 3.14. The van der Waals surface area contributed by atoms with Crippen LogP contribution in [0.1, 0.15) is 47.7 Å². The minimum atomic E-state index is -0.141. The zero-order valence-corrected chi connectivity index (χ0v) is 22.2. The zero-order valence-electron chi connectivity index (χ0n) is 22.2. The van der Waals surface area contributed by atoms with Gasteiger partial charge in [0, 0.05) is 47.5 Å². The molecule has 192 valence electrons. The number of carbonyl (C=O) groups is 2. The topological polar surface area (TPSA) is 64.7 Å². The molecule has 0 spiro atoms. The van der Waals surface area contributed by atoms with Crippen LogP contribution in [0, 0.1) is 0 Å². The highest BCUT2D eigenvalue weighted by molar-refractivity contribution is 6.32. The third-order valence-corrected chi connectivity index (χ3v) is 6.64. The van der Waals surface area contributed by atoms with Crippen LogP contribution in [0.15, 0.2) is 78.5 Å². The monoisotopic (exact) mass is 496 g/mol. The summed E-state index contributed by atoms with van der Waals surface area (Å²) in [5.74, 6) is -0.263. The van der Waals surface area contributed by atoms with Crippen molar-refractivity contribution in [3.63, 3.8) is 0 Å². The Morgan fingerprint density at radius 2 is 1.68 bits per heavy atom. The SMILES string of the molecule is CCCCC(Nc1ccc(CCN(C)C)cc1)=C1C(=O)Nc2ccc(C(=O)N(C)c3ccccc3)cc21. The number of fused-ring (bicyclic) bond motifs is 1. The van der Waals surface area contributed by atoms with Gasteiger partial charge in [0.05, 0.1) is 5.57 Å². The molecule has 3 aromatic carbocycles. The smallest absolute Gasteiger partial charge is 0.258 e. The summed E-state index contributed by atoms with van der Waals surface area (Å²) in [5.41, 5.74) is 6.56. The summed E-state index contributed by atoms with van der Waals surface area (Å²) in [6, 6.07) is 23.4. The molecule has 2 N–H and O–H groups in total. The number of benzene rings is 3. The standard InChI is InChI=1S/C31H36N4O2/c1-5-6-12-28(32-24-16-13-22(14-17-24)19-20-34(2)3)29-26-21-23(15-18-27(26)33-30(29)36)31(37)35(4)25-10-8-7-9-11-25/h7-11,13-18,21,32H,5-6,12,19-20H2,1-4H3,(H,33,36). The Bertz CT molecular complexity index is 1280. The molecular formula is C31H36N4O2. The van der Waals surface area contributed by atoms with Gasteiger partial charge in [-0.1, -0.05) is 43.7 Å². The number of anilines is 3. The highest BCUT2D eigenvalue weighted by atomic mass is 16.2. The molecule has 3 aromatic rings. The second kappa shape index (κ2) is 11.9. The first-order valence-corrected chi connectivity index (χ1v) is 12.9. The first-order chi connectivity index (χ1) is 17.9. The van der Waals surface area contributed by atoms with Crippen molar-refractivity contribution >= 4 is 34.4 Å². The van der Waals surface area contributed by atoms with Crippen LogP contribution in [0.25, 0.3) is 5.57 Å². The van der Waals surface area contributed by atoms with Crippen molar-refractivity contribution < 1.29 is 9.59 Å². The molecule has 1 aliphatic heterocycles. The zero-order chi connectivity index (χ0) is 26.4. The molecule has 0 saturated heterocycles. The molecule has 0 aromatic heterocycles. The molecular weight excluding hydrogens is 460 g/mol. The summed E-state index contributed by atoms with van der Waals surface area (Å²) in [5, 5.41) is 6.52. The van der Waals surface area contributed by atoms with E-state index in [2.05, 4.69) is 60.8 Å². The van der Waals surface area contributed by atoms with Gasteiger partial charge < -0.3 is 20.4 Å². The Kier molecular flexibility index (Phi) is 8.41. The third kappa shape index (κ3) is 6.27. The van der Waals surface area contributed by atoms with E-state index >= 15 is 0 Å². The van der Waals surface area contributed by atoms with E-state index in [1.807, 2.05) is 42.5 Å². The third-order valence-electron chi connectivity index (χ3n) is 6.64. The van der Waals surface area contributed by atoms with Crippen molar-refractivity contribution in [2.45, 2.75) is 32.6 Å². The quantitative estimate of drug-likeness (QED) is 0.336. The van der Waals surface area contributed by atoms with E-state index in [4.69, 9.17) is 0 Å². The highest BCUT2D eigenvalue weighted by Crippen LogP contribution is 2.36. The molecule has 0 saturated carbocycles. The lowest BCUT2D eigenvalue weighted by atomic mass is 9.99. The molecule has 0 aliphatic carbocycles. The first kappa shape index (κ1) is 26.2. The predicted molar refractivity (Wildman–Crippen MR) is 153 cm³/mol. The number of likely N-dealkylation sites (N-methyl/N-ethyl adjacent to an activating group) is 1. The number of nitrogens with zero attached hydrogens (tertiary/aromatic N) is 2. The number of carbonyl (C=O) groups excluding carboxylic acids is 2. The lowest BCUT2D eigenvalue weighted by Gasteiger charge is -2.18. The summed E-state index contributed by atoms with van der Waals surface area (Å²) < 4.78 is 0. The molecule has 6 heteroatoms. The van der Waals surface area contributed by atoms with E-state index in [1.165, 1.54) is 5.56 Å². The van der Waals surface area contributed by atoms with Gasteiger partial charge in [-0.15, -0.1) is 0 Å². The van der Waals surface area contributed by atoms with Gasteiger partial charge in [0.25, 0.3) is 11.8 Å². The van der Waals surface area contributed by atoms with Gasteiger partial charge in [0.15, 0.2) is 0 Å². The van der Waals surface area contributed by atoms with Gasteiger partial charge >= 0.3 is 0 Å². The Hall–Kier alpha value is -3.90. The molecule has 0 atom stereocenters. The van der Waals surface area contributed by atoms with Crippen LogP contribution in [-0.4, -0.2) is 44.4 Å². The van der Waals surface area contributed by atoms with Gasteiger partial charge in [0.1, 0.15) is 0 Å². The summed E-state index contributed by atoms with van der Waals surface area (Å²) in [7, 11) is 5.91. The molecule has 4 rings (SSSR count). The van der Waals surface area contributed by atoms with Crippen molar-refractivity contribution in [1.82, 2.24) is 4.90 Å². The largest absolute Gasteiger partial charge is 0.358 e. The molecule has 2 amide bonds. The Morgan fingerprint density at radius 3 is 2.35 bits per heavy atom. The molecule has 0 unspecified atom stereocenters. The highest BCUT2D eigenvalue weighted by Gasteiger charge is 2.29. The van der Waals surface area contributed by atoms with Crippen molar-refractivity contribution in [2.75, 3.05) is 43.2 Å². The van der Waals surface area contributed by atoms with Crippen molar-refractivity contribution in [2.24, 2.45) is 0 Å². The van der Waals surface area contributed by atoms with E-state index in [1.54, 1.807) is 18.0 Å². The van der Waals surface area contributed by atoms with Crippen LogP contribution < -0.4 is 15.5 Å². The van der Waals surface area contributed by atoms with Crippen LogP contribution in [0.4, 0.5) is 17.1 Å². The fourth-order valence-corrected chi connectivity index (χ4v) is 4.45. The Morgan fingerprint density at radius 1 is 0.946 bits per heavy atom. The second-order valence-electron chi connectivity index (χ2n) is 9.75. The van der Waals surface area contributed by atoms with Gasteiger partial charge in [-0.3, -0.25) is 9.59 Å². The minimum absolute atomic E-state index is 0.121. The number of amides is 2. The maximum atomic E-state index is 13.3. The van der Waals surface area contributed by atoms with Crippen LogP contribution in [-0.2, 0) is 11.2 Å². The number of hydrogen-bond acceptors (Lipinski definition) is 4. The number of rotatable bonds is 10. The molecule has 0 bridgehead atoms. The van der Waals surface area contributed by atoms with Gasteiger partial charge in [-0.2, -0.15) is 0 Å². The minimum Gasteiger partial charge on any atom is -0.358 e. The molecule has 1 aliphatic rings. The van der Waals surface area contributed by atoms with Crippen molar-refractivity contribution in [1.29, 1.82) is 0 Å². The lowest BCUT2D eigenvalue weighted by molar-refractivity contribution is -0.110. The van der Waals surface area contributed by atoms with E-state index in [-0.39, 0.29) is 11.8 Å². The molecule has 1 heterocycles. The first-order valence-electron chi connectivity index (χ1n) is 12.9. The van der Waals surface area contributed by atoms with Crippen molar-refractivity contribution in [3.8, 4) is 0 Å². The van der Waals surface area contributed by atoms with Crippen LogP contribution in [0.5, 0.6) is 0 Å². The van der Waals surface area contributed by atoms with Crippen LogP contribution >= 0.6 is 0 Å². The van der Waals surface area contributed by atoms with Crippen LogP contribution in [0.2, 0.25) is 0 Å². The van der Waals surface area contributed by atoms with E-state index < -0.39 is 0 Å². The predicted octanol–water partition coefficient (Wildman–Crippen LogP) is 6.03. The molecule has 0 radical (unpaired) electrons. The summed E-state index contributed by atoms with van der Waals surface area (Å²) >= 11 is 0. The van der Waals surface area contributed by atoms with Gasteiger partial charge in [-0.25, -0.2) is 0 Å². The van der Waals surface area contributed by atoms with Gasteiger partial charge in [-0.05, 0) is 81.4 Å². The van der Waals surface area contributed by atoms with Crippen molar-refractivity contribution in [3.05, 3.63) is 95.2 Å².